The average Bonchev–Trinajstić information content (AvgIpc) is 2.86. The van der Waals surface area contributed by atoms with Crippen molar-refractivity contribution in [3.63, 3.8) is 0 Å². The predicted molar refractivity (Wildman–Crippen MR) is 84.3 cm³/mol. The summed E-state index contributed by atoms with van der Waals surface area (Å²) in [4.78, 5) is 25.4. The molecular weight excluding hydrogens is 299 g/mol. The summed E-state index contributed by atoms with van der Waals surface area (Å²) in [5, 5.41) is 2.91. The third kappa shape index (κ3) is 5.63. The molecule has 1 fully saturated rings. The van der Waals surface area contributed by atoms with Crippen molar-refractivity contribution in [2.24, 2.45) is 0 Å². The second-order valence-electron chi connectivity index (χ2n) is 5.78. The molecule has 1 aliphatic rings. The largest absolute Gasteiger partial charge is 0.383 e. The summed E-state index contributed by atoms with van der Waals surface area (Å²) in [5.74, 6) is -0.243. The molecule has 0 radical (unpaired) electrons. The van der Waals surface area contributed by atoms with Gasteiger partial charge in [-0.3, -0.25) is 9.59 Å². The Kier molecular flexibility index (Phi) is 6.52. The van der Waals surface area contributed by atoms with Crippen LogP contribution in [0.5, 0.6) is 0 Å². The van der Waals surface area contributed by atoms with E-state index < -0.39 is 0 Å². The number of ether oxygens (including phenoxy) is 1. The highest BCUT2D eigenvalue weighted by Gasteiger charge is 2.29. The summed E-state index contributed by atoms with van der Waals surface area (Å²) in [6.07, 6.45) is 2.19. The maximum atomic E-state index is 12.8. The highest BCUT2D eigenvalue weighted by Crippen LogP contribution is 2.12. The lowest BCUT2D eigenvalue weighted by Gasteiger charge is -2.16. The minimum atomic E-state index is -0.254. The van der Waals surface area contributed by atoms with E-state index in [2.05, 4.69) is 5.32 Å². The van der Waals surface area contributed by atoms with Gasteiger partial charge in [0, 0.05) is 33.0 Å². The number of methoxy groups -OCH3 is 1. The van der Waals surface area contributed by atoms with Crippen LogP contribution in [0.3, 0.4) is 0 Å². The topological polar surface area (TPSA) is 58.6 Å². The van der Waals surface area contributed by atoms with Crippen LogP contribution in [0.2, 0.25) is 0 Å². The standard InChI is InChI=1S/C17H23FN2O3/c1-23-10-9-20-12-15(11-17(20)22)19-16(21)4-2-3-13-5-7-14(18)8-6-13/h5-8,15H,2-4,9-12H2,1H3,(H,19,21)/t15-/m1/s1. The van der Waals surface area contributed by atoms with Crippen molar-refractivity contribution < 1.29 is 18.7 Å². The first-order valence-electron chi connectivity index (χ1n) is 7.89. The number of carbonyl (C=O) groups excluding carboxylic acids is 2. The Balaban J connectivity index is 1.67. The average molecular weight is 322 g/mol. The van der Waals surface area contributed by atoms with Crippen molar-refractivity contribution in [2.45, 2.75) is 31.7 Å². The molecule has 0 aliphatic carbocycles. The van der Waals surface area contributed by atoms with Crippen LogP contribution < -0.4 is 5.32 Å². The van der Waals surface area contributed by atoms with Gasteiger partial charge in [-0.15, -0.1) is 0 Å². The van der Waals surface area contributed by atoms with Gasteiger partial charge in [-0.05, 0) is 30.5 Å². The van der Waals surface area contributed by atoms with Gasteiger partial charge >= 0.3 is 0 Å². The zero-order valence-corrected chi connectivity index (χ0v) is 13.4. The SMILES string of the molecule is COCCN1C[C@H](NC(=O)CCCc2ccc(F)cc2)CC1=O. The van der Waals surface area contributed by atoms with Gasteiger partial charge in [0.25, 0.3) is 0 Å². The lowest BCUT2D eigenvalue weighted by molar-refractivity contribution is -0.128. The number of likely N-dealkylation sites (tertiary alicyclic amines) is 1. The molecule has 0 spiro atoms. The second kappa shape index (κ2) is 8.62. The zero-order valence-electron chi connectivity index (χ0n) is 13.4. The van der Waals surface area contributed by atoms with E-state index in [4.69, 9.17) is 4.74 Å². The molecule has 1 N–H and O–H groups in total. The summed E-state index contributed by atoms with van der Waals surface area (Å²) in [7, 11) is 1.60. The molecule has 23 heavy (non-hydrogen) atoms. The molecule has 5 nitrogen and oxygen atoms in total. The summed E-state index contributed by atoms with van der Waals surface area (Å²) >= 11 is 0. The Hall–Kier alpha value is -1.95. The quantitative estimate of drug-likeness (QED) is 0.789. The van der Waals surface area contributed by atoms with Gasteiger partial charge < -0.3 is 15.0 Å². The minimum absolute atomic E-state index is 0.0431. The summed E-state index contributed by atoms with van der Waals surface area (Å²) in [6.45, 7) is 1.61. The normalized spacial score (nSPS) is 17.6. The van der Waals surface area contributed by atoms with Crippen LogP contribution >= 0.6 is 0 Å². The van der Waals surface area contributed by atoms with Crippen LogP contribution in [-0.2, 0) is 20.7 Å². The van der Waals surface area contributed by atoms with Gasteiger partial charge in [-0.25, -0.2) is 4.39 Å². The molecule has 1 atom stereocenters. The number of nitrogens with one attached hydrogen (secondary N) is 1. The van der Waals surface area contributed by atoms with E-state index in [1.54, 1.807) is 24.1 Å². The fourth-order valence-corrected chi connectivity index (χ4v) is 2.69. The van der Waals surface area contributed by atoms with Crippen molar-refractivity contribution in [1.82, 2.24) is 10.2 Å². The summed E-state index contributed by atoms with van der Waals surface area (Å²) in [5.41, 5.74) is 1.01. The monoisotopic (exact) mass is 322 g/mol. The molecule has 2 rings (SSSR count). The first-order valence-corrected chi connectivity index (χ1v) is 7.89. The number of aryl methyl sites for hydroxylation is 1. The van der Waals surface area contributed by atoms with Crippen molar-refractivity contribution in [1.29, 1.82) is 0 Å². The summed E-state index contributed by atoms with van der Waals surface area (Å²) in [6, 6.07) is 6.20. The lowest BCUT2D eigenvalue weighted by Crippen LogP contribution is -2.37. The van der Waals surface area contributed by atoms with Crippen molar-refractivity contribution in [3.8, 4) is 0 Å². The predicted octanol–water partition coefficient (Wildman–Crippen LogP) is 1.51. The molecule has 1 heterocycles. The van der Waals surface area contributed by atoms with Crippen molar-refractivity contribution >= 4 is 11.8 Å². The molecule has 1 aliphatic heterocycles. The number of hydrogen-bond acceptors (Lipinski definition) is 3. The third-order valence-corrected chi connectivity index (χ3v) is 3.93. The number of nitrogens with zero attached hydrogens (tertiary/aromatic N) is 1. The molecule has 1 aromatic carbocycles. The molecule has 0 bridgehead atoms. The molecule has 2 amide bonds. The van der Waals surface area contributed by atoms with E-state index in [9.17, 15) is 14.0 Å². The Bertz CT molecular complexity index is 533. The molecule has 0 saturated carbocycles. The van der Waals surface area contributed by atoms with Crippen LogP contribution in [-0.4, -0.2) is 49.6 Å². The second-order valence-corrected chi connectivity index (χ2v) is 5.78. The molecular formula is C17H23FN2O3. The van der Waals surface area contributed by atoms with Gasteiger partial charge in [0.05, 0.1) is 12.6 Å². The smallest absolute Gasteiger partial charge is 0.224 e. The number of halogens is 1. The van der Waals surface area contributed by atoms with Gasteiger partial charge in [0.1, 0.15) is 5.82 Å². The third-order valence-electron chi connectivity index (χ3n) is 3.93. The fraction of sp³-hybridized carbons (Fsp3) is 0.529. The minimum Gasteiger partial charge on any atom is -0.383 e. The van der Waals surface area contributed by atoms with Gasteiger partial charge in [-0.1, -0.05) is 12.1 Å². The Morgan fingerprint density at radius 2 is 2.13 bits per heavy atom. The van der Waals surface area contributed by atoms with Crippen molar-refractivity contribution in [2.75, 3.05) is 26.8 Å². The van der Waals surface area contributed by atoms with Crippen LogP contribution in [0.25, 0.3) is 0 Å². The van der Waals surface area contributed by atoms with E-state index in [-0.39, 0.29) is 23.7 Å². The van der Waals surface area contributed by atoms with E-state index in [1.165, 1.54) is 12.1 Å². The number of carbonyl (C=O) groups is 2. The lowest BCUT2D eigenvalue weighted by atomic mass is 10.1. The van der Waals surface area contributed by atoms with Crippen molar-refractivity contribution in [3.05, 3.63) is 35.6 Å². The molecule has 1 aromatic rings. The Morgan fingerprint density at radius 3 is 2.83 bits per heavy atom. The van der Waals surface area contributed by atoms with Crippen LogP contribution in [0.15, 0.2) is 24.3 Å². The van der Waals surface area contributed by atoms with E-state index in [1.807, 2.05) is 0 Å². The van der Waals surface area contributed by atoms with Gasteiger partial charge in [0.2, 0.25) is 11.8 Å². The van der Waals surface area contributed by atoms with E-state index in [0.717, 1.165) is 12.0 Å². The van der Waals surface area contributed by atoms with Crippen LogP contribution in [0.4, 0.5) is 4.39 Å². The zero-order chi connectivity index (χ0) is 16.7. The molecule has 1 saturated heterocycles. The Labute approximate surface area is 135 Å². The van der Waals surface area contributed by atoms with Crippen LogP contribution in [0, 0.1) is 5.82 Å². The highest BCUT2D eigenvalue weighted by molar-refractivity contribution is 5.82. The number of benzene rings is 1. The first kappa shape index (κ1) is 17.4. The molecule has 126 valence electrons. The summed E-state index contributed by atoms with van der Waals surface area (Å²) < 4.78 is 17.8. The number of amides is 2. The van der Waals surface area contributed by atoms with Gasteiger partial charge in [0.15, 0.2) is 0 Å². The Morgan fingerprint density at radius 1 is 1.39 bits per heavy atom. The van der Waals surface area contributed by atoms with E-state index >= 15 is 0 Å². The number of hydrogen-bond donors (Lipinski definition) is 1. The fourth-order valence-electron chi connectivity index (χ4n) is 2.69. The first-order chi connectivity index (χ1) is 11.1. The van der Waals surface area contributed by atoms with Crippen LogP contribution in [0.1, 0.15) is 24.8 Å². The number of rotatable bonds is 8. The highest BCUT2D eigenvalue weighted by atomic mass is 19.1. The maximum Gasteiger partial charge on any atom is 0.224 e. The molecule has 0 aromatic heterocycles. The maximum absolute atomic E-state index is 12.8. The van der Waals surface area contributed by atoms with Gasteiger partial charge in [-0.2, -0.15) is 0 Å². The van der Waals surface area contributed by atoms with E-state index in [0.29, 0.717) is 39.0 Å². The molecule has 0 unspecified atom stereocenters. The molecule has 6 heteroatoms.